The fraction of sp³-hybridized carbons (Fsp3) is 0.273. The average molecular weight is 497 g/mol. The maximum absolute atomic E-state index is 13.0. The van der Waals surface area contributed by atoms with Crippen LogP contribution in [0.3, 0.4) is 0 Å². The Kier molecular flexibility index (Phi) is 5.05. The number of rotatable bonds is 6. The number of carbonyl (C=O) groups excluding carboxylic acids is 2. The van der Waals surface area contributed by atoms with Crippen molar-refractivity contribution in [2.75, 3.05) is 26.2 Å². The molecule has 6 rings (SSSR count). The third-order valence-electron chi connectivity index (χ3n) is 6.32. The standard InChI is InChI=1S/C22H20N6O6S/c29-21-25-11-7-15(17-5-1-3-9-23-17)19(13-25)27(21)33-35(31,32)34-28-20-14-26(22(28)30)12-8-16(20)18-6-2-4-10-24-18/h1-10,19-20H,11-14H2. The fourth-order valence-electron chi connectivity index (χ4n) is 4.71. The lowest BCUT2D eigenvalue weighted by Crippen LogP contribution is -2.41. The van der Waals surface area contributed by atoms with Crippen LogP contribution in [-0.4, -0.2) is 88.6 Å². The predicted molar refractivity (Wildman–Crippen MR) is 121 cm³/mol. The molecule has 0 saturated carbocycles. The molecule has 4 amide bonds. The van der Waals surface area contributed by atoms with Gasteiger partial charge in [0.25, 0.3) is 0 Å². The van der Waals surface area contributed by atoms with Crippen LogP contribution in [0.25, 0.3) is 11.1 Å². The molecule has 2 aromatic heterocycles. The fourth-order valence-corrected chi connectivity index (χ4v) is 5.46. The maximum Gasteiger partial charge on any atom is 0.442 e. The molecule has 0 aliphatic carbocycles. The molecule has 2 aromatic rings. The Hall–Kier alpha value is -3.81. The number of hydrogen-bond acceptors (Lipinski definition) is 8. The zero-order valence-corrected chi connectivity index (χ0v) is 19.1. The molecule has 0 spiro atoms. The third-order valence-corrected chi connectivity index (χ3v) is 7.00. The molecule has 2 fully saturated rings. The largest absolute Gasteiger partial charge is 0.442 e. The molecule has 12 nitrogen and oxygen atoms in total. The third kappa shape index (κ3) is 3.73. The summed E-state index contributed by atoms with van der Waals surface area (Å²) in [7, 11) is -4.84. The van der Waals surface area contributed by atoms with Gasteiger partial charge in [0.2, 0.25) is 0 Å². The van der Waals surface area contributed by atoms with Gasteiger partial charge in [0.05, 0.1) is 24.5 Å². The summed E-state index contributed by atoms with van der Waals surface area (Å²) >= 11 is 0. The molecule has 6 heterocycles. The number of fused-ring (bicyclic) bond motifs is 4. The van der Waals surface area contributed by atoms with Crippen LogP contribution in [0, 0.1) is 0 Å². The van der Waals surface area contributed by atoms with Crippen molar-refractivity contribution in [3.63, 3.8) is 0 Å². The van der Waals surface area contributed by atoms with E-state index in [-0.39, 0.29) is 13.1 Å². The van der Waals surface area contributed by atoms with Crippen molar-refractivity contribution in [1.29, 1.82) is 0 Å². The smallest absolute Gasteiger partial charge is 0.317 e. The van der Waals surface area contributed by atoms with Gasteiger partial charge < -0.3 is 9.80 Å². The number of nitrogens with zero attached hydrogens (tertiary/aromatic N) is 6. The number of amides is 4. The van der Waals surface area contributed by atoms with Gasteiger partial charge in [-0.15, -0.1) is 8.57 Å². The lowest BCUT2D eigenvalue weighted by atomic mass is 10.0. The van der Waals surface area contributed by atoms with Gasteiger partial charge in [-0.25, -0.2) is 9.59 Å². The summed E-state index contributed by atoms with van der Waals surface area (Å²) in [5, 5.41) is 1.54. The van der Waals surface area contributed by atoms with Crippen LogP contribution in [0.15, 0.2) is 60.9 Å². The SMILES string of the molecule is O=C1N2CC=C(c3ccccn3)C(C2)N1OS(=O)(=O)ON1C(=O)N2CC=C(c3ccccn3)C1C2. The van der Waals surface area contributed by atoms with E-state index in [1.54, 1.807) is 48.8 Å². The minimum atomic E-state index is -4.84. The molecule has 35 heavy (non-hydrogen) atoms. The summed E-state index contributed by atoms with van der Waals surface area (Å²) < 4.78 is 36.2. The van der Waals surface area contributed by atoms with Gasteiger partial charge in [-0.1, -0.05) is 24.3 Å². The molecule has 0 radical (unpaired) electrons. The van der Waals surface area contributed by atoms with Crippen molar-refractivity contribution < 1.29 is 26.6 Å². The Labute approximate surface area is 200 Å². The molecule has 2 unspecified atom stereocenters. The van der Waals surface area contributed by atoms with Gasteiger partial charge in [0, 0.05) is 36.6 Å². The van der Waals surface area contributed by atoms with E-state index in [1.165, 1.54) is 9.80 Å². The van der Waals surface area contributed by atoms with Crippen molar-refractivity contribution >= 4 is 33.6 Å². The van der Waals surface area contributed by atoms with Gasteiger partial charge in [0.15, 0.2) is 0 Å². The summed E-state index contributed by atoms with van der Waals surface area (Å²) in [5.41, 5.74) is 2.56. The van der Waals surface area contributed by atoms with Crippen LogP contribution >= 0.6 is 0 Å². The normalized spacial score (nSPS) is 23.7. The van der Waals surface area contributed by atoms with Gasteiger partial charge in [-0.05, 0) is 24.3 Å². The summed E-state index contributed by atoms with van der Waals surface area (Å²) in [5.74, 6) is 0. The van der Waals surface area contributed by atoms with E-state index in [2.05, 4.69) is 9.97 Å². The number of urea groups is 2. The molecule has 180 valence electrons. The van der Waals surface area contributed by atoms with Crippen molar-refractivity contribution in [2.45, 2.75) is 12.1 Å². The van der Waals surface area contributed by atoms with Crippen molar-refractivity contribution in [3.05, 3.63) is 72.3 Å². The van der Waals surface area contributed by atoms with Crippen LogP contribution < -0.4 is 0 Å². The summed E-state index contributed by atoms with van der Waals surface area (Å²) in [6.45, 7) is 1.06. The Morgan fingerprint density at radius 3 is 1.60 bits per heavy atom. The van der Waals surface area contributed by atoms with Gasteiger partial charge in [0.1, 0.15) is 12.1 Å². The first-order valence-corrected chi connectivity index (χ1v) is 12.3. The minimum Gasteiger partial charge on any atom is -0.317 e. The number of aromatic nitrogens is 2. The second-order valence-electron chi connectivity index (χ2n) is 8.36. The first-order valence-electron chi connectivity index (χ1n) is 10.9. The molecule has 4 aliphatic heterocycles. The number of carbonyl (C=O) groups is 2. The second-order valence-corrected chi connectivity index (χ2v) is 9.48. The van der Waals surface area contributed by atoms with E-state index in [4.69, 9.17) is 8.57 Å². The molecule has 2 atom stereocenters. The molecule has 0 N–H and O–H groups in total. The van der Waals surface area contributed by atoms with Crippen molar-refractivity contribution in [3.8, 4) is 0 Å². The molecule has 13 heteroatoms. The number of hydroxylamine groups is 4. The van der Waals surface area contributed by atoms with E-state index in [0.29, 0.717) is 35.6 Å². The second kappa shape index (κ2) is 8.15. The highest BCUT2D eigenvalue weighted by Crippen LogP contribution is 2.35. The molecule has 4 aliphatic rings. The lowest BCUT2D eigenvalue weighted by molar-refractivity contribution is -0.0702. The quantitative estimate of drug-likeness (QED) is 0.586. The Bertz CT molecular complexity index is 1250. The van der Waals surface area contributed by atoms with Crippen LogP contribution in [0.5, 0.6) is 0 Å². The van der Waals surface area contributed by atoms with Crippen LogP contribution in [-0.2, 0) is 19.0 Å². The first-order chi connectivity index (χ1) is 16.9. The Morgan fingerprint density at radius 1 is 0.743 bits per heavy atom. The Morgan fingerprint density at radius 2 is 1.20 bits per heavy atom. The van der Waals surface area contributed by atoms with E-state index in [1.807, 2.05) is 12.2 Å². The minimum absolute atomic E-state index is 0.238. The highest BCUT2D eigenvalue weighted by atomic mass is 32.3. The highest BCUT2D eigenvalue weighted by Gasteiger charge is 2.49. The van der Waals surface area contributed by atoms with Crippen molar-refractivity contribution in [2.24, 2.45) is 0 Å². The van der Waals surface area contributed by atoms with Crippen LogP contribution in [0.1, 0.15) is 11.4 Å². The molecule has 2 saturated heterocycles. The number of hydrogen-bond donors (Lipinski definition) is 0. The van der Waals surface area contributed by atoms with Gasteiger partial charge in [-0.3, -0.25) is 9.97 Å². The average Bonchev–Trinajstić information content (AvgIpc) is 3.25. The van der Waals surface area contributed by atoms with E-state index >= 15 is 0 Å². The van der Waals surface area contributed by atoms with E-state index in [0.717, 1.165) is 10.1 Å². The van der Waals surface area contributed by atoms with Crippen LogP contribution in [0.2, 0.25) is 0 Å². The highest BCUT2D eigenvalue weighted by molar-refractivity contribution is 7.81. The van der Waals surface area contributed by atoms with Crippen LogP contribution in [0.4, 0.5) is 9.59 Å². The predicted octanol–water partition coefficient (Wildman–Crippen LogP) is 1.29. The molecular formula is C22H20N6O6S. The molecule has 0 aromatic carbocycles. The topological polar surface area (TPSA) is 125 Å². The van der Waals surface area contributed by atoms with Crippen molar-refractivity contribution in [1.82, 2.24) is 29.9 Å². The van der Waals surface area contributed by atoms with E-state index in [9.17, 15) is 18.0 Å². The van der Waals surface area contributed by atoms with E-state index < -0.39 is 34.5 Å². The molecule has 4 bridgehead atoms. The van der Waals surface area contributed by atoms with Gasteiger partial charge in [-0.2, -0.15) is 18.5 Å². The Balaban J connectivity index is 1.24. The number of pyridine rings is 2. The summed E-state index contributed by atoms with van der Waals surface area (Å²) in [4.78, 5) is 37.1. The zero-order valence-electron chi connectivity index (χ0n) is 18.3. The maximum atomic E-state index is 13.0. The summed E-state index contributed by atoms with van der Waals surface area (Å²) in [6, 6.07) is 8.04. The first kappa shape index (κ1) is 21.7. The lowest BCUT2D eigenvalue weighted by Gasteiger charge is -2.26. The molecular weight excluding hydrogens is 476 g/mol. The monoisotopic (exact) mass is 496 g/mol. The zero-order chi connectivity index (χ0) is 24.2. The summed E-state index contributed by atoms with van der Waals surface area (Å²) in [6.07, 6.45) is 6.86. The van der Waals surface area contributed by atoms with Gasteiger partial charge >= 0.3 is 22.5 Å².